The maximum Gasteiger partial charge on any atom is 2.00 e. The van der Waals surface area contributed by atoms with E-state index in [4.69, 9.17) is 0 Å². The summed E-state index contributed by atoms with van der Waals surface area (Å²) in [7, 11) is 0. The molecule has 0 heterocycles. The molecule has 2 N–H and O–H groups in total. The van der Waals surface area contributed by atoms with Crippen LogP contribution in [-0.4, -0.2) is 5.48 Å². The van der Waals surface area contributed by atoms with Crippen molar-refractivity contribution in [3.63, 3.8) is 0 Å². The summed E-state index contributed by atoms with van der Waals surface area (Å²) < 4.78 is 0. The van der Waals surface area contributed by atoms with Crippen LogP contribution >= 0.6 is 0 Å². The van der Waals surface area contributed by atoms with Crippen LogP contribution in [0.3, 0.4) is 0 Å². The van der Waals surface area contributed by atoms with Crippen molar-refractivity contribution in [2.75, 3.05) is 0 Å². The van der Waals surface area contributed by atoms with Crippen LogP contribution in [0.25, 0.3) is 0 Å². The van der Waals surface area contributed by atoms with Gasteiger partial charge in [0.1, 0.15) is 0 Å². The number of hydrogen-bond acceptors (Lipinski definition) is 0. The standard InChI is InChI=1S/C6H5.CH3.Cr.H2O/c1-2-4-6-5-3-1;;;/h1-5H;1H3;;1H2/q2*-1;+2;. The molecule has 0 spiro atoms. The Morgan fingerprint density at radius 2 is 1.33 bits per heavy atom. The van der Waals surface area contributed by atoms with Gasteiger partial charge < -0.3 is 12.9 Å². The molecule has 0 aromatic heterocycles. The van der Waals surface area contributed by atoms with Gasteiger partial charge in [-0.25, -0.2) is 0 Å². The average molecular weight is 162 g/mol. The zero-order chi connectivity index (χ0) is 4.24. The minimum Gasteiger partial charge on any atom is -0.412 e. The predicted molar refractivity (Wildman–Crippen MR) is 35.3 cm³/mol. The summed E-state index contributed by atoms with van der Waals surface area (Å²) in [5.41, 5.74) is 0. The molecule has 0 radical (unpaired) electrons. The zero-order valence-corrected chi connectivity index (χ0v) is 6.57. The van der Waals surface area contributed by atoms with Crippen LogP contribution < -0.4 is 0 Å². The maximum absolute atomic E-state index is 2.89. The van der Waals surface area contributed by atoms with Crippen molar-refractivity contribution in [3.05, 3.63) is 43.8 Å². The van der Waals surface area contributed by atoms with E-state index in [0.717, 1.165) is 0 Å². The average Bonchev–Trinajstić information content (AvgIpc) is 1.72. The normalized spacial score (nSPS) is 5.33. The van der Waals surface area contributed by atoms with Crippen molar-refractivity contribution in [1.29, 1.82) is 0 Å². The molecule has 0 aliphatic carbocycles. The van der Waals surface area contributed by atoms with Gasteiger partial charge in [0.05, 0.1) is 0 Å². The quantitative estimate of drug-likeness (QED) is 0.512. The van der Waals surface area contributed by atoms with Crippen molar-refractivity contribution in [2.24, 2.45) is 0 Å². The second-order valence-corrected chi connectivity index (χ2v) is 1.08. The van der Waals surface area contributed by atoms with Crippen LogP contribution in [0.1, 0.15) is 0 Å². The van der Waals surface area contributed by atoms with Crippen molar-refractivity contribution >= 4 is 0 Å². The first-order valence-corrected chi connectivity index (χ1v) is 1.91. The first-order valence-electron chi connectivity index (χ1n) is 1.91. The van der Waals surface area contributed by atoms with Crippen LogP contribution in [-0.2, 0) is 17.4 Å². The fourth-order valence-electron chi connectivity index (χ4n) is 0.342. The van der Waals surface area contributed by atoms with Gasteiger partial charge in [0, 0.05) is 0 Å². The summed E-state index contributed by atoms with van der Waals surface area (Å²) in [5.74, 6) is 0. The zero-order valence-electron chi connectivity index (χ0n) is 5.29. The van der Waals surface area contributed by atoms with Crippen LogP contribution in [0, 0.1) is 13.5 Å². The largest absolute Gasteiger partial charge is 2.00 e. The molecule has 1 nitrogen and oxygen atoms in total. The topological polar surface area (TPSA) is 31.5 Å². The monoisotopic (exact) mass is 162 g/mol. The van der Waals surface area contributed by atoms with E-state index < -0.39 is 0 Å². The molecule has 0 saturated carbocycles. The van der Waals surface area contributed by atoms with E-state index in [2.05, 4.69) is 6.07 Å². The molecule has 0 aliphatic rings. The molecule has 0 saturated heterocycles. The SMILES string of the molecule is O.[CH3-].[Cr+2].[c-]1ccccc1. The third-order valence-electron chi connectivity index (χ3n) is 0.607. The summed E-state index contributed by atoms with van der Waals surface area (Å²) in [6.45, 7) is 0. The van der Waals surface area contributed by atoms with Crippen molar-refractivity contribution < 1.29 is 22.8 Å². The summed E-state index contributed by atoms with van der Waals surface area (Å²) in [4.78, 5) is 0. The molecule has 1 aromatic carbocycles. The van der Waals surface area contributed by atoms with Gasteiger partial charge in [0.25, 0.3) is 0 Å². The van der Waals surface area contributed by atoms with E-state index in [-0.39, 0.29) is 30.3 Å². The molecular formula is C7H10CrO. The summed E-state index contributed by atoms with van der Waals surface area (Å²) in [6.07, 6.45) is 0. The Morgan fingerprint density at radius 1 is 0.889 bits per heavy atom. The smallest absolute Gasteiger partial charge is 0.412 e. The van der Waals surface area contributed by atoms with Gasteiger partial charge in [-0.1, -0.05) is 0 Å². The molecule has 0 aliphatic heterocycles. The van der Waals surface area contributed by atoms with Crippen molar-refractivity contribution in [2.45, 2.75) is 0 Å². The molecule has 0 unspecified atom stereocenters. The van der Waals surface area contributed by atoms with Gasteiger partial charge in [0.2, 0.25) is 0 Å². The third kappa shape index (κ3) is 7.71. The second-order valence-electron chi connectivity index (χ2n) is 1.08. The summed E-state index contributed by atoms with van der Waals surface area (Å²) in [5, 5.41) is 0. The molecule has 1 rings (SSSR count). The Morgan fingerprint density at radius 3 is 1.44 bits per heavy atom. The molecule has 1 aromatic rings. The first kappa shape index (κ1) is 15.9. The fourth-order valence-corrected chi connectivity index (χ4v) is 0.342. The van der Waals surface area contributed by atoms with Gasteiger partial charge in [0.15, 0.2) is 0 Å². The van der Waals surface area contributed by atoms with Gasteiger partial charge in [-0.05, 0) is 0 Å². The van der Waals surface area contributed by atoms with E-state index in [1.54, 1.807) is 0 Å². The van der Waals surface area contributed by atoms with Gasteiger partial charge in [-0.3, -0.25) is 0 Å². The summed E-state index contributed by atoms with van der Waals surface area (Å²) in [6, 6.07) is 12.5. The maximum atomic E-state index is 2.89. The van der Waals surface area contributed by atoms with Crippen molar-refractivity contribution in [3.8, 4) is 0 Å². The molecule has 2 heteroatoms. The molecule has 0 fully saturated rings. The van der Waals surface area contributed by atoms with E-state index in [1.807, 2.05) is 30.3 Å². The number of benzene rings is 1. The molecule has 9 heavy (non-hydrogen) atoms. The predicted octanol–water partition coefficient (Wildman–Crippen LogP) is 1.11. The summed E-state index contributed by atoms with van der Waals surface area (Å²) >= 11 is 0. The Kier molecular flexibility index (Phi) is 18.8. The number of hydrogen-bond donors (Lipinski definition) is 0. The van der Waals surface area contributed by atoms with Crippen LogP contribution in [0.5, 0.6) is 0 Å². The molecular weight excluding hydrogens is 152 g/mol. The van der Waals surface area contributed by atoms with Gasteiger partial charge in [-0.2, -0.15) is 36.4 Å². The Balaban J connectivity index is -0.000000120. The van der Waals surface area contributed by atoms with Crippen LogP contribution in [0.4, 0.5) is 0 Å². The van der Waals surface area contributed by atoms with Crippen LogP contribution in [0.15, 0.2) is 30.3 Å². The first-order chi connectivity index (χ1) is 3.00. The fraction of sp³-hybridized carbons (Fsp3) is 0. The van der Waals surface area contributed by atoms with Crippen molar-refractivity contribution in [1.82, 2.24) is 0 Å². The van der Waals surface area contributed by atoms with E-state index in [9.17, 15) is 0 Å². The van der Waals surface area contributed by atoms with E-state index >= 15 is 0 Å². The molecule has 0 amide bonds. The minimum atomic E-state index is 0. The van der Waals surface area contributed by atoms with E-state index in [1.165, 1.54) is 0 Å². The van der Waals surface area contributed by atoms with E-state index in [0.29, 0.717) is 0 Å². The minimum absolute atomic E-state index is 0. The number of rotatable bonds is 0. The Bertz CT molecular complexity index is 80.8. The van der Waals surface area contributed by atoms with Gasteiger partial charge >= 0.3 is 17.4 Å². The Hall–Kier alpha value is -0.288. The van der Waals surface area contributed by atoms with Crippen LogP contribution in [0.2, 0.25) is 0 Å². The molecule has 50 valence electrons. The Labute approximate surface area is 67.2 Å². The van der Waals surface area contributed by atoms with Gasteiger partial charge in [-0.15, -0.1) is 0 Å². The third-order valence-corrected chi connectivity index (χ3v) is 0.607. The second kappa shape index (κ2) is 10.6. The molecule has 0 bridgehead atoms. The molecule has 0 atom stereocenters.